The van der Waals surface area contributed by atoms with E-state index in [0.717, 1.165) is 5.56 Å². The Balaban J connectivity index is 2.09. The van der Waals surface area contributed by atoms with Crippen LogP contribution in [-0.2, 0) is 4.74 Å². The molecule has 2 heteroatoms. The third-order valence-electron chi connectivity index (χ3n) is 2.46. The van der Waals surface area contributed by atoms with Crippen molar-refractivity contribution in [1.82, 2.24) is 0 Å². The van der Waals surface area contributed by atoms with Gasteiger partial charge in [-0.05, 0) is 31.2 Å². The van der Waals surface area contributed by atoms with Crippen LogP contribution in [0.5, 0.6) is 0 Å². The zero-order valence-corrected chi connectivity index (χ0v) is 10.2. The van der Waals surface area contributed by atoms with Gasteiger partial charge in [0.05, 0.1) is 5.56 Å². The van der Waals surface area contributed by atoms with E-state index in [-0.39, 0.29) is 5.97 Å². The van der Waals surface area contributed by atoms with E-state index < -0.39 is 0 Å². The zero-order chi connectivity index (χ0) is 12.8. The summed E-state index contributed by atoms with van der Waals surface area (Å²) >= 11 is 0. The van der Waals surface area contributed by atoms with Gasteiger partial charge in [-0.1, -0.05) is 48.1 Å². The lowest BCUT2D eigenvalue weighted by molar-refractivity contribution is 0.0637. The van der Waals surface area contributed by atoms with Crippen molar-refractivity contribution < 1.29 is 9.53 Å². The summed E-state index contributed by atoms with van der Waals surface area (Å²) in [5.41, 5.74) is 1.67. The Morgan fingerprint density at radius 2 is 1.61 bits per heavy atom. The van der Waals surface area contributed by atoms with Gasteiger partial charge in [0.25, 0.3) is 0 Å². The van der Waals surface area contributed by atoms with Gasteiger partial charge in [-0.2, -0.15) is 0 Å². The van der Waals surface area contributed by atoms with Crippen molar-refractivity contribution in [1.29, 1.82) is 0 Å². The molecule has 0 heterocycles. The number of carbonyl (C=O) groups is 1. The number of esters is 1. The minimum absolute atomic E-state index is 0.344. The highest BCUT2D eigenvalue weighted by atomic mass is 16.5. The summed E-state index contributed by atoms with van der Waals surface area (Å²) in [6.45, 7) is 1.98. The molecule has 0 radical (unpaired) electrons. The van der Waals surface area contributed by atoms with Gasteiger partial charge in [-0.3, -0.25) is 0 Å². The maximum Gasteiger partial charge on any atom is 0.343 e. The van der Waals surface area contributed by atoms with Crippen LogP contribution in [-0.4, -0.2) is 5.97 Å². The molecule has 1 aliphatic rings. The summed E-state index contributed by atoms with van der Waals surface area (Å²) in [5.74, 6) is 0.185. The van der Waals surface area contributed by atoms with Crippen LogP contribution in [0.15, 0.2) is 72.6 Å². The molecule has 0 amide bonds. The van der Waals surface area contributed by atoms with Crippen molar-refractivity contribution in [2.45, 2.75) is 6.92 Å². The molecule has 0 atom stereocenters. The van der Waals surface area contributed by atoms with E-state index in [4.69, 9.17) is 4.74 Å². The number of hydrogen-bond acceptors (Lipinski definition) is 2. The largest absolute Gasteiger partial charge is 0.423 e. The van der Waals surface area contributed by atoms with Crippen LogP contribution in [0, 0.1) is 6.92 Å². The third kappa shape index (κ3) is 3.32. The second-order valence-corrected chi connectivity index (χ2v) is 3.95. The molecule has 2 nitrogen and oxygen atoms in total. The van der Waals surface area contributed by atoms with E-state index in [9.17, 15) is 4.79 Å². The molecule has 0 spiro atoms. The summed E-state index contributed by atoms with van der Waals surface area (Å²) in [6, 6.07) is 7.31. The first-order valence-corrected chi connectivity index (χ1v) is 5.76. The quantitative estimate of drug-likeness (QED) is 0.734. The summed E-state index contributed by atoms with van der Waals surface area (Å²) in [7, 11) is 0. The number of hydrogen-bond donors (Lipinski definition) is 0. The third-order valence-corrected chi connectivity index (χ3v) is 2.46. The number of allylic oxidation sites excluding steroid dienone is 7. The average molecular weight is 238 g/mol. The van der Waals surface area contributed by atoms with Gasteiger partial charge in [0, 0.05) is 0 Å². The Morgan fingerprint density at radius 3 is 2.39 bits per heavy atom. The maximum atomic E-state index is 11.9. The number of benzene rings is 1. The van der Waals surface area contributed by atoms with Crippen molar-refractivity contribution in [3.63, 3.8) is 0 Å². The number of aryl methyl sites for hydroxylation is 1. The highest BCUT2D eigenvalue weighted by Crippen LogP contribution is 2.10. The first-order valence-electron chi connectivity index (χ1n) is 5.76. The predicted molar refractivity (Wildman–Crippen MR) is 72.1 cm³/mol. The van der Waals surface area contributed by atoms with Gasteiger partial charge >= 0.3 is 5.97 Å². The molecule has 0 aliphatic heterocycles. The SMILES string of the molecule is Cc1ccc(C(=O)OC2=CC=CC=CC=C2)cc1. The molecule has 0 saturated carbocycles. The molecule has 0 unspecified atom stereocenters. The lowest BCUT2D eigenvalue weighted by Gasteiger charge is -2.05. The molecule has 90 valence electrons. The molecular weight excluding hydrogens is 224 g/mol. The first-order chi connectivity index (χ1) is 8.75. The molecule has 0 fully saturated rings. The highest BCUT2D eigenvalue weighted by Gasteiger charge is 2.08. The average Bonchev–Trinajstić information content (AvgIpc) is 2.33. The van der Waals surface area contributed by atoms with Gasteiger partial charge in [0.2, 0.25) is 0 Å². The van der Waals surface area contributed by atoms with Crippen LogP contribution in [0.4, 0.5) is 0 Å². The zero-order valence-electron chi connectivity index (χ0n) is 10.2. The normalized spacial score (nSPS) is 13.7. The Kier molecular flexibility index (Phi) is 3.92. The fourth-order valence-electron chi connectivity index (χ4n) is 1.47. The molecule has 1 aromatic carbocycles. The Morgan fingerprint density at radius 1 is 0.944 bits per heavy atom. The monoisotopic (exact) mass is 238 g/mol. The van der Waals surface area contributed by atoms with Crippen molar-refractivity contribution >= 4 is 5.97 Å². The number of ether oxygens (including phenoxy) is 1. The Bertz CT molecular complexity index is 543. The summed E-state index contributed by atoms with van der Waals surface area (Å²) in [6.07, 6.45) is 12.8. The summed E-state index contributed by atoms with van der Waals surface area (Å²) in [5, 5.41) is 0. The van der Waals surface area contributed by atoms with Gasteiger partial charge < -0.3 is 4.74 Å². The minimum atomic E-state index is -0.344. The maximum absolute atomic E-state index is 11.9. The van der Waals surface area contributed by atoms with Gasteiger partial charge in [-0.15, -0.1) is 0 Å². The van der Waals surface area contributed by atoms with E-state index in [2.05, 4.69) is 0 Å². The highest BCUT2D eigenvalue weighted by molar-refractivity contribution is 5.90. The molecule has 1 aromatic rings. The summed E-state index contributed by atoms with van der Waals surface area (Å²) < 4.78 is 5.30. The fourth-order valence-corrected chi connectivity index (χ4v) is 1.47. The van der Waals surface area contributed by atoms with Crippen molar-refractivity contribution in [3.05, 3.63) is 83.7 Å². The van der Waals surface area contributed by atoms with Crippen LogP contribution in [0.3, 0.4) is 0 Å². The van der Waals surface area contributed by atoms with Crippen molar-refractivity contribution in [2.75, 3.05) is 0 Å². The van der Waals surface area contributed by atoms with Crippen LogP contribution in [0.1, 0.15) is 15.9 Å². The molecule has 2 rings (SSSR count). The molecule has 0 saturated heterocycles. The molecular formula is C16H14O2. The Labute approximate surface area is 107 Å². The number of rotatable bonds is 2. The molecule has 1 aliphatic carbocycles. The molecule has 0 aromatic heterocycles. The fraction of sp³-hybridized carbons (Fsp3) is 0.0625. The number of carbonyl (C=O) groups excluding carboxylic acids is 1. The lowest BCUT2D eigenvalue weighted by atomic mass is 10.1. The van der Waals surface area contributed by atoms with E-state index in [1.807, 2.05) is 49.4 Å². The lowest BCUT2D eigenvalue weighted by Crippen LogP contribution is -2.04. The van der Waals surface area contributed by atoms with Gasteiger partial charge in [0.1, 0.15) is 5.76 Å². The Hall–Kier alpha value is -2.35. The van der Waals surface area contributed by atoms with Gasteiger partial charge in [0.15, 0.2) is 0 Å². The van der Waals surface area contributed by atoms with Crippen molar-refractivity contribution in [3.8, 4) is 0 Å². The topological polar surface area (TPSA) is 26.3 Å². The van der Waals surface area contributed by atoms with Crippen LogP contribution >= 0.6 is 0 Å². The van der Waals surface area contributed by atoms with E-state index >= 15 is 0 Å². The van der Waals surface area contributed by atoms with Crippen LogP contribution < -0.4 is 0 Å². The first kappa shape index (κ1) is 12.1. The second kappa shape index (κ2) is 5.82. The van der Waals surface area contributed by atoms with E-state index in [1.165, 1.54) is 0 Å². The smallest absolute Gasteiger partial charge is 0.343 e. The molecule has 0 bridgehead atoms. The summed E-state index contributed by atoms with van der Waals surface area (Å²) in [4.78, 5) is 11.9. The second-order valence-electron chi connectivity index (χ2n) is 3.95. The van der Waals surface area contributed by atoms with E-state index in [1.54, 1.807) is 24.3 Å². The van der Waals surface area contributed by atoms with Gasteiger partial charge in [-0.25, -0.2) is 4.79 Å². The van der Waals surface area contributed by atoms with Crippen molar-refractivity contribution in [2.24, 2.45) is 0 Å². The van der Waals surface area contributed by atoms with E-state index in [0.29, 0.717) is 11.3 Å². The molecule has 18 heavy (non-hydrogen) atoms. The minimum Gasteiger partial charge on any atom is -0.423 e. The predicted octanol–water partition coefficient (Wildman–Crippen LogP) is 3.72. The standard InChI is InChI=1S/C16H14O2/c1-13-9-11-14(12-10-13)16(17)18-15-7-5-3-2-4-6-8-15/h2-12H,1H3. The van der Waals surface area contributed by atoms with Crippen LogP contribution in [0.2, 0.25) is 0 Å². The van der Waals surface area contributed by atoms with Crippen LogP contribution in [0.25, 0.3) is 0 Å². The molecule has 0 N–H and O–H groups in total.